The quantitative estimate of drug-likeness (QED) is 0.892. The van der Waals surface area contributed by atoms with E-state index in [9.17, 15) is 9.59 Å². The number of hydrogen-bond donors (Lipinski definition) is 2. The molecule has 0 aliphatic rings. The third-order valence-electron chi connectivity index (χ3n) is 2.72. The van der Waals surface area contributed by atoms with E-state index >= 15 is 0 Å². The number of hydrogen-bond acceptors (Lipinski definition) is 3. The second-order valence-corrected chi connectivity index (χ2v) is 6.22. The zero-order valence-corrected chi connectivity index (χ0v) is 13.2. The van der Waals surface area contributed by atoms with Crippen molar-refractivity contribution in [2.75, 3.05) is 0 Å². The van der Waals surface area contributed by atoms with E-state index in [1.54, 1.807) is 20.8 Å². The molecule has 21 heavy (non-hydrogen) atoms. The van der Waals surface area contributed by atoms with E-state index in [4.69, 9.17) is 9.84 Å². The summed E-state index contributed by atoms with van der Waals surface area (Å²) in [4.78, 5) is 22.9. The molecule has 0 heterocycles. The topological polar surface area (TPSA) is 75.6 Å². The van der Waals surface area contributed by atoms with Crippen molar-refractivity contribution >= 4 is 12.1 Å². The van der Waals surface area contributed by atoms with Crippen molar-refractivity contribution in [1.82, 2.24) is 5.32 Å². The van der Waals surface area contributed by atoms with Gasteiger partial charge in [-0.05, 0) is 40.2 Å². The van der Waals surface area contributed by atoms with E-state index < -0.39 is 23.7 Å². The molecule has 0 aliphatic heterocycles. The van der Waals surface area contributed by atoms with Crippen LogP contribution in [0.1, 0.15) is 49.9 Å². The van der Waals surface area contributed by atoms with Crippen molar-refractivity contribution in [3.8, 4) is 0 Å². The summed E-state index contributed by atoms with van der Waals surface area (Å²) in [6.07, 6.45) is -0.810. The van der Waals surface area contributed by atoms with E-state index in [1.807, 2.05) is 32.0 Å². The minimum absolute atomic E-state index is 0.192. The number of carbonyl (C=O) groups is 2. The molecule has 0 aliphatic carbocycles. The van der Waals surface area contributed by atoms with E-state index in [2.05, 4.69) is 5.32 Å². The number of carboxylic acids is 1. The highest BCUT2D eigenvalue weighted by Gasteiger charge is 2.22. The van der Waals surface area contributed by atoms with Gasteiger partial charge in [-0.2, -0.15) is 0 Å². The number of aryl methyl sites for hydroxylation is 2. The molecule has 0 unspecified atom stereocenters. The zero-order valence-electron chi connectivity index (χ0n) is 13.2. The third-order valence-corrected chi connectivity index (χ3v) is 2.72. The van der Waals surface area contributed by atoms with Gasteiger partial charge in [0.2, 0.25) is 0 Å². The molecule has 2 N–H and O–H groups in total. The average molecular weight is 293 g/mol. The molecule has 1 atom stereocenters. The average Bonchev–Trinajstić information content (AvgIpc) is 2.23. The molecule has 1 rings (SSSR count). The Morgan fingerprint density at radius 2 is 1.71 bits per heavy atom. The van der Waals surface area contributed by atoms with Crippen LogP contribution in [0.15, 0.2) is 18.2 Å². The Bertz CT molecular complexity index is 511. The molecule has 1 aromatic carbocycles. The summed E-state index contributed by atoms with van der Waals surface area (Å²) >= 11 is 0. The van der Waals surface area contributed by atoms with Crippen LogP contribution in [0.3, 0.4) is 0 Å². The van der Waals surface area contributed by atoms with Crippen LogP contribution in [-0.4, -0.2) is 22.8 Å². The van der Waals surface area contributed by atoms with E-state index in [1.165, 1.54) is 0 Å². The van der Waals surface area contributed by atoms with Crippen molar-refractivity contribution in [1.29, 1.82) is 0 Å². The van der Waals surface area contributed by atoms with E-state index in [-0.39, 0.29) is 6.42 Å². The fourth-order valence-electron chi connectivity index (χ4n) is 2.09. The van der Waals surface area contributed by atoms with Gasteiger partial charge >= 0.3 is 12.1 Å². The standard InChI is InChI=1S/C16H23NO4/c1-10-6-11(2)8-12(7-10)13(9-14(18)19)17-15(20)21-16(3,4)5/h6-8,13H,9H2,1-5H3,(H,17,20)(H,18,19)/t13-/m1/s1. The molecule has 0 bridgehead atoms. The van der Waals surface area contributed by atoms with Gasteiger partial charge in [0.1, 0.15) is 5.60 Å². The Labute approximate surface area is 125 Å². The summed E-state index contributed by atoms with van der Waals surface area (Å²) in [6, 6.07) is 5.13. The Hall–Kier alpha value is -2.04. The Kier molecular flexibility index (Phi) is 5.35. The smallest absolute Gasteiger partial charge is 0.408 e. The van der Waals surface area contributed by atoms with Crippen LogP contribution in [0.25, 0.3) is 0 Å². The van der Waals surface area contributed by atoms with Crippen LogP contribution < -0.4 is 5.32 Å². The molecule has 5 heteroatoms. The maximum absolute atomic E-state index is 11.9. The molecular formula is C16H23NO4. The first kappa shape index (κ1) is 17.0. The van der Waals surface area contributed by atoms with Crippen molar-refractivity contribution in [2.24, 2.45) is 0 Å². The fraction of sp³-hybridized carbons (Fsp3) is 0.500. The zero-order chi connectivity index (χ0) is 16.2. The number of rotatable bonds is 4. The predicted molar refractivity (Wildman–Crippen MR) is 80.3 cm³/mol. The predicted octanol–water partition coefficient (Wildman–Crippen LogP) is 3.34. The van der Waals surface area contributed by atoms with Crippen molar-refractivity contribution in [2.45, 2.75) is 52.7 Å². The normalized spacial score (nSPS) is 12.6. The summed E-state index contributed by atoms with van der Waals surface area (Å²) in [5, 5.41) is 11.7. The first-order chi connectivity index (χ1) is 9.56. The van der Waals surface area contributed by atoms with Gasteiger partial charge in [0.15, 0.2) is 0 Å². The van der Waals surface area contributed by atoms with Gasteiger partial charge in [-0.3, -0.25) is 4.79 Å². The molecule has 0 radical (unpaired) electrons. The number of nitrogens with one attached hydrogen (secondary N) is 1. The molecule has 5 nitrogen and oxygen atoms in total. The first-order valence-electron chi connectivity index (χ1n) is 6.86. The number of amides is 1. The molecule has 0 aromatic heterocycles. The first-order valence-corrected chi connectivity index (χ1v) is 6.86. The molecule has 1 aromatic rings. The molecular weight excluding hydrogens is 270 g/mol. The summed E-state index contributed by atoms with van der Waals surface area (Å²) in [7, 11) is 0. The monoisotopic (exact) mass is 293 g/mol. The number of alkyl carbamates (subject to hydrolysis) is 1. The van der Waals surface area contributed by atoms with Gasteiger partial charge in [0.25, 0.3) is 0 Å². The molecule has 1 amide bonds. The summed E-state index contributed by atoms with van der Waals surface area (Å²) < 4.78 is 5.19. The van der Waals surface area contributed by atoms with Crippen LogP contribution in [0.2, 0.25) is 0 Å². The van der Waals surface area contributed by atoms with Gasteiger partial charge in [0, 0.05) is 0 Å². The highest BCUT2D eigenvalue weighted by molar-refractivity contribution is 5.72. The molecule has 0 spiro atoms. The summed E-state index contributed by atoms with van der Waals surface area (Å²) in [5.41, 5.74) is 2.18. The van der Waals surface area contributed by atoms with Crippen molar-refractivity contribution < 1.29 is 19.4 Å². The van der Waals surface area contributed by atoms with Crippen LogP contribution in [0.5, 0.6) is 0 Å². The molecule has 0 saturated carbocycles. The largest absolute Gasteiger partial charge is 0.481 e. The fourth-order valence-corrected chi connectivity index (χ4v) is 2.09. The van der Waals surface area contributed by atoms with Gasteiger partial charge < -0.3 is 15.2 Å². The SMILES string of the molecule is Cc1cc(C)cc([C@@H](CC(=O)O)NC(=O)OC(C)(C)C)c1. The van der Waals surface area contributed by atoms with Gasteiger partial charge in [0.05, 0.1) is 12.5 Å². The van der Waals surface area contributed by atoms with Crippen molar-refractivity contribution in [3.05, 3.63) is 34.9 Å². The van der Waals surface area contributed by atoms with Crippen molar-refractivity contribution in [3.63, 3.8) is 0 Å². The summed E-state index contributed by atoms with van der Waals surface area (Å²) in [5.74, 6) is -0.977. The number of carboxylic acid groups (broad SMARTS) is 1. The lowest BCUT2D eigenvalue weighted by Crippen LogP contribution is -2.35. The second-order valence-electron chi connectivity index (χ2n) is 6.22. The molecule has 116 valence electrons. The van der Waals surface area contributed by atoms with Gasteiger partial charge in [-0.15, -0.1) is 0 Å². The lowest BCUT2D eigenvalue weighted by atomic mass is 9.99. The number of ether oxygens (including phenoxy) is 1. The maximum Gasteiger partial charge on any atom is 0.408 e. The van der Waals surface area contributed by atoms with Crippen LogP contribution in [0, 0.1) is 13.8 Å². The minimum Gasteiger partial charge on any atom is -0.481 e. The number of carbonyl (C=O) groups excluding carboxylic acids is 1. The lowest BCUT2D eigenvalue weighted by molar-refractivity contribution is -0.137. The summed E-state index contributed by atoms with van der Waals surface area (Å²) in [6.45, 7) is 9.14. The number of aliphatic carboxylic acids is 1. The Morgan fingerprint density at radius 3 is 2.14 bits per heavy atom. The maximum atomic E-state index is 11.9. The molecule has 0 saturated heterocycles. The third kappa shape index (κ3) is 6.29. The van der Waals surface area contributed by atoms with E-state index in [0.29, 0.717) is 0 Å². The Balaban J connectivity index is 2.95. The number of benzene rings is 1. The minimum atomic E-state index is -0.977. The highest BCUT2D eigenvalue weighted by atomic mass is 16.6. The molecule has 0 fully saturated rings. The lowest BCUT2D eigenvalue weighted by Gasteiger charge is -2.23. The second kappa shape index (κ2) is 6.61. The van der Waals surface area contributed by atoms with Crippen LogP contribution in [0.4, 0.5) is 4.79 Å². The van der Waals surface area contributed by atoms with Crippen LogP contribution >= 0.6 is 0 Å². The highest BCUT2D eigenvalue weighted by Crippen LogP contribution is 2.21. The Morgan fingerprint density at radius 1 is 1.19 bits per heavy atom. The van der Waals surface area contributed by atoms with Crippen LogP contribution in [-0.2, 0) is 9.53 Å². The van der Waals surface area contributed by atoms with Gasteiger partial charge in [-0.1, -0.05) is 29.3 Å². The van der Waals surface area contributed by atoms with E-state index in [0.717, 1.165) is 16.7 Å². The van der Waals surface area contributed by atoms with Gasteiger partial charge in [-0.25, -0.2) is 4.79 Å².